The van der Waals surface area contributed by atoms with E-state index in [1.807, 2.05) is 42.6 Å². The van der Waals surface area contributed by atoms with E-state index in [-0.39, 0.29) is 0 Å². The maximum Gasteiger partial charge on any atom is 0.339 e. The zero-order valence-corrected chi connectivity index (χ0v) is 14.8. The fourth-order valence-electron chi connectivity index (χ4n) is 2.62. The summed E-state index contributed by atoms with van der Waals surface area (Å²) in [4.78, 5) is 19.2. The van der Waals surface area contributed by atoms with E-state index < -0.39 is 6.03 Å². The number of carbonyl (C=O) groups is 1. The summed E-state index contributed by atoms with van der Waals surface area (Å²) in [5.41, 5.74) is 4.72. The molecule has 4 aromatic rings. The number of hydrogen-bond acceptors (Lipinski definition) is 4. The van der Waals surface area contributed by atoms with Crippen molar-refractivity contribution in [3.63, 3.8) is 0 Å². The van der Waals surface area contributed by atoms with Crippen LogP contribution in [0.3, 0.4) is 0 Å². The van der Waals surface area contributed by atoms with Gasteiger partial charge < -0.3 is 15.0 Å². The summed E-state index contributed by atoms with van der Waals surface area (Å²) >= 11 is 0. The van der Waals surface area contributed by atoms with Gasteiger partial charge in [-0.25, -0.2) is 15.2 Å². The fourth-order valence-corrected chi connectivity index (χ4v) is 2.62. The second-order valence-corrected chi connectivity index (χ2v) is 5.91. The average molecular weight is 371 g/mol. The summed E-state index contributed by atoms with van der Waals surface area (Å²) in [7, 11) is 0. The van der Waals surface area contributed by atoms with E-state index in [1.54, 1.807) is 42.7 Å². The molecule has 28 heavy (non-hydrogen) atoms. The first-order valence-corrected chi connectivity index (χ1v) is 8.63. The first-order chi connectivity index (χ1) is 13.8. The second kappa shape index (κ2) is 8.05. The smallest absolute Gasteiger partial charge is 0.339 e. The van der Waals surface area contributed by atoms with E-state index in [2.05, 4.69) is 25.8 Å². The minimum absolute atomic E-state index is 0.427. The zero-order valence-electron chi connectivity index (χ0n) is 14.8. The molecule has 2 aromatic carbocycles. The van der Waals surface area contributed by atoms with Gasteiger partial charge in [-0.2, -0.15) is 5.10 Å². The number of aromatic amines is 1. The number of nitrogens with zero attached hydrogens (tertiary/aromatic N) is 2. The van der Waals surface area contributed by atoms with Crippen molar-refractivity contribution in [3.8, 4) is 11.5 Å². The molecular formula is C21H17N5O2. The fraction of sp³-hybridized carbons (Fsp3) is 0. The molecule has 7 heteroatoms. The number of anilines is 1. The lowest BCUT2D eigenvalue weighted by molar-refractivity contribution is 0.252. The highest BCUT2D eigenvalue weighted by molar-refractivity contribution is 5.90. The summed E-state index contributed by atoms with van der Waals surface area (Å²) in [6, 6.07) is 19.9. The van der Waals surface area contributed by atoms with E-state index >= 15 is 0 Å². The largest absolute Gasteiger partial charge is 0.457 e. The first kappa shape index (κ1) is 17.3. The lowest BCUT2D eigenvalue weighted by Crippen LogP contribution is -2.24. The number of hydrazone groups is 1. The number of benzene rings is 2. The quantitative estimate of drug-likeness (QED) is 0.356. The number of ether oxygens (including phenoxy) is 1. The molecule has 0 radical (unpaired) electrons. The van der Waals surface area contributed by atoms with Crippen LogP contribution in [0.15, 0.2) is 84.2 Å². The van der Waals surface area contributed by atoms with Gasteiger partial charge in [-0.3, -0.25) is 0 Å². The molecule has 4 rings (SSSR count). The van der Waals surface area contributed by atoms with Crippen molar-refractivity contribution in [1.82, 2.24) is 15.4 Å². The number of carbonyl (C=O) groups excluding carboxylic acids is 1. The highest BCUT2D eigenvalue weighted by Gasteiger charge is 2.06. The van der Waals surface area contributed by atoms with E-state index in [0.29, 0.717) is 17.2 Å². The molecule has 0 saturated carbocycles. The van der Waals surface area contributed by atoms with Crippen molar-refractivity contribution >= 4 is 29.0 Å². The van der Waals surface area contributed by atoms with Crippen LogP contribution in [0.25, 0.3) is 11.0 Å². The summed E-state index contributed by atoms with van der Waals surface area (Å²) in [6.45, 7) is 0. The van der Waals surface area contributed by atoms with Crippen molar-refractivity contribution < 1.29 is 9.53 Å². The van der Waals surface area contributed by atoms with Gasteiger partial charge in [0, 0.05) is 18.1 Å². The van der Waals surface area contributed by atoms with Crippen LogP contribution in [0.5, 0.6) is 11.5 Å². The lowest BCUT2D eigenvalue weighted by atomic mass is 10.2. The molecule has 0 aliphatic heterocycles. The Hall–Kier alpha value is -4.13. The molecule has 0 spiro atoms. The third kappa shape index (κ3) is 4.16. The minimum Gasteiger partial charge on any atom is -0.457 e. The SMILES string of the molecule is O=C(N/N=C/c1ccccc1)Nc1ccc(Oc2ccnc3[nH]ccc23)cc1. The molecule has 7 nitrogen and oxygen atoms in total. The molecule has 2 amide bonds. The van der Waals surface area contributed by atoms with Gasteiger partial charge in [0.1, 0.15) is 17.1 Å². The Morgan fingerprint density at radius 1 is 1.04 bits per heavy atom. The van der Waals surface area contributed by atoms with Gasteiger partial charge in [0.25, 0.3) is 0 Å². The van der Waals surface area contributed by atoms with Crippen LogP contribution in [0.2, 0.25) is 0 Å². The molecule has 2 heterocycles. The van der Waals surface area contributed by atoms with Gasteiger partial charge in [0.05, 0.1) is 11.6 Å². The summed E-state index contributed by atoms with van der Waals surface area (Å²) < 4.78 is 5.91. The molecule has 0 unspecified atom stereocenters. The predicted molar refractivity (Wildman–Crippen MR) is 109 cm³/mol. The first-order valence-electron chi connectivity index (χ1n) is 8.63. The van der Waals surface area contributed by atoms with Crippen LogP contribution in [0.4, 0.5) is 10.5 Å². The van der Waals surface area contributed by atoms with Crippen molar-refractivity contribution in [1.29, 1.82) is 0 Å². The Balaban J connectivity index is 1.35. The van der Waals surface area contributed by atoms with Crippen molar-refractivity contribution in [2.75, 3.05) is 5.32 Å². The molecule has 0 atom stereocenters. The Kier molecular flexibility index (Phi) is 4.97. The van der Waals surface area contributed by atoms with Gasteiger partial charge in [0.2, 0.25) is 0 Å². The van der Waals surface area contributed by atoms with Crippen molar-refractivity contribution in [2.24, 2.45) is 5.10 Å². The summed E-state index contributed by atoms with van der Waals surface area (Å²) in [5.74, 6) is 1.36. The highest BCUT2D eigenvalue weighted by atomic mass is 16.5. The number of rotatable bonds is 5. The van der Waals surface area contributed by atoms with Gasteiger partial charge >= 0.3 is 6.03 Å². The maximum absolute atomic E-state index is 11.9. The molecular weight excluding hydrogens is 354 g/mol. The predicted octanol–water partition coefficient (Wildman–Crippen LogP) is 4.51. The van der Waals surface area contributed by atoms with E-state index in [4.69, 9.17) is 4.74 Å². The minimum atomic E-state index is -0.427. The van der Waals surface area contributed by atoms with E-state index in [0.717, 1.165) is 16.6 Å². The molecule has 138 valence electrons. The number of fused-ring (bicyclic) bond motifs is 1. The number of nitrogens with one attached hydrogen (secondary N) is 3. The third-order valence-electron chi connectivity index (χ3n) is 3.94. The zero-order chi connectivity index (χ0) is 19.2. The van der Waals surface area contributed by atoms with Crippen LogP contribution in [0, 0.1) is 0 Å². The number of H-pyrrole nitrogens is 1. The molecule has 3 N–H and O–H groups in total. The van der Waals surface area contributed by atoms with Crippen molar-refractivity contribution in [3.05, 3.63) is 84.7 Å². The lowest BCUT2D eigenvalue weighted by Gasteiger charge is -2.08. The number of aromatic nitrogens is 2. The third-order valence-corrected chi connectivity index (χ3v) is 3.94. The van der Waals surface area contributed by atoms with Crippen LogP contribution < -0.4 is 15.5 Å². The molecule has 0 fully saturated rings. The van der Waals surface area contributed by atoms with Crippen LogP contribution >= 0.6 is 0 Å². The summed E-state index contributed by atoms with van der Waals surface area (Å²) in [6.07, 6.45) is 5.08. The summed E-state index contributed by atoms with van der Waals surface area (Å²) in [5, 5.41) is 7.53. The standard InChI is InChI=1S/C21H17N5O2/c27-21(26-24-14-15-4-2-1-3-5-15)25-16-6-8-17(9-7-16)28-19-11-13-23-20-18(19)10-12-22-20/h1-14H,(H,22,23)(H2,25,26,27)/b24-14+. The van der Waals surface area contributed by atoms with Crippen molar-refractivity contribution in [2.45, 2.75) is 0 Å². The highest BCUT2D eigenvalue weighted by Crippen LogP contribution is 2.28. The Morgan fingerprint density at radius 2 is 1.86 bits per heavy atom. The molecule has 0 aliphatic rings. The average Bonchev–Trinajstić information content (AvgIpc) is 3.20. The van der Waals surface area contributed by atoms with Crippen LogP contribution in [-0.2, 0) is 0 Å². The van der Waals surface area contributed by atoms with Crippen LogP contribution in [-0.4, -0.2) is 22.2 Å². The molecule has 0 aliphatic carbocycles. The van der Waals surface area contributed by atoms with Gasteiger partial charge in [-0.1, -0.05) is 30.3 Å². The monoisotopic (exact) mass is 371 g/mol. The second-order valence-electron chi connectivity index (χ2n) is 5.91. The Labute approximate surface area is 161 Å². The van der Waals surface area contributed by atoms with Gasteiger partial charge in [0.15, 0.2) is 0 Å². The number of urea groups is 1. The maximum atomic E-state index is 11.9. The van der Waals surface area contributed by atoms with E-state index in [1.165, 1.54) is 0 Å². The normalized spacial score (nSPS) is 10.9. The van der Waals surface area contributed by atoms with E-state index in [9.17, 15) is 4.79 Å². The topological polar surface area (TPSA) is 91.4 Å². The number of pyridine rings is 1. The molecule has 2 aromatic heterocycles. The molecule has 0 saturated heterocycles. The van der Waals surface area contributed by atoms with Crippen LogP contribution in [0.1, 0.15) is 5.56 Å². The van der Waals surface area contributed by atoms with Gasteiger partial charge in [-0.15, -0.1) is 0 Å². The van der Waals surface area contributed by atoms with Gasteiger partial charge in [-0.05, 0) is 42.0 Å². The number of hydrogen-bond donors (Lipinski definition) is 3. The molecule has 0 bridgehead atoms. The Morgan fingerprint density at radius 3 is 2.68 bits per heavy atom. The Bertz CT molecular complexity index is 1100. The number of amides is 2.